The number of carbonyl (C=O) groups excluding carboxylic acids is 1. The number of amides is 1. The number of rotatable bonds is 2. The van der Waals surface area contributed by atoms with Crippen molar-refractivity contribution < 1.29 is 22.7 Å². The summed E-state index contributed by atoms with van der Waals surface area (Å²) in [4.78, 5) is 12.1. The fraction of sp³-hybridized carbons (Fsp3) is 0.188. The quantitative estimate of drug-likeness (QED) is 0.920. The topological polar surface area (TPSA) is 38.3 Å². The van der Waals surface area contributed by atoms with Crippen molar-refractivity contribution in [2.75, 3.05) is 5.32 Å². The van der Waals surface area contributed by atoms with Crippen LogP contribution in [0.1, 0.15) is 11.1 Å². The lowest BCUT2D eigenvalue weighted by molar-refractivity contribution is -0.137. The molecule has 0 bridgehead atoms. The van der Waals surface area contributed by atoms with E-state index >= 15 is 0 Å². The lowest BCUT2D eigenvalue weighted by atomic mass is 10.1. The lowest BCUT2D eigenvalue weighted by Gasteiger charge is -2.12. The van der Waals surface area contributed by atoms with E-state index in [9.17, 15) is 18.0 Å². The number of ether oxygens (including phenoxy) is 1. The van der Waals surface area contributed by atoms with Gasteiger partial charge in [0.1, 0.15) is 5.75 Å². The minimum atomic E-state index is -4.39. The average molecular weight is 307 g/mol. The van der Waals surface area contributed by atoms with Crippen molar-refractivity contribution in [2.45, 2.75) is 18.7 Å². The van der Waals surface area contributed by atoms with E-state index < -0.39 is 17.8 Å². The molecule has 0 fully saturated rings. The van der Waals surface area contributed by atoms with E-state index in [1.54, 1.807) is 6.07 Å². The number of benzene rings is 2. The third kappa shape index (κ3) is 2.90. The van der Waals surface area contributed by atoms with Gasteiger partial charge in [-0.05, 0) is 35.9 Å². The zero-order valence-corrected chi connectivity index (χ0v) is 11.4. The minimum absolute atomic E-state index is 0.303. The Labute approximate surface area is 124 Å². The molecule has 114 valence electrons. The molecule has 0 spiro atoms. The smallest absolute Gasteiger partial charge is 0.416 e. The van der Waals surface area contributed by atoms with Crippen LogP contribution in [-0.2, 0) is 17.4 Å². The molecule has 22 heavy (non-hydrogen) atoms. The number of anilines is 1. The minimum Gasteiger partial charge on any atom is -0.480 e. The number of halogens is 3. The van der Waals surface area contributed by atoms with E-state index in [1.165, 1.54) is 12.1 Å². The molecule has 1 atom stereocenters. The van der Waals surface area contributed by atoms with Crippen molar-refractivity contribution in [2.24, 2.45) is 0 Å². The van der Waals surface area contributed by atoms with Crippen molar-refractivity contribution >= 4 is 11.6 Å². The molecule has 1 N–H and O–H groups in total. The highest BCUT2D eigenvalue weighted by atomic mass is 19.4. The highest BCUT2D eigenvalue weighted by molar-refractivity contribution is 5.95. The second-order valence-electron chi connectivity index (χ2n) is 4.98. The molecule has 3 rings (SSSR count). The van der Waals surface area contributed by atoms with Gasteiger partial charge in [-0.2, -0.15) is 13.2 Å². The molecule has 0 saturated carbocycles. The fourth-order valence-electron chi connectivity index (χ4n) is 2.29. The Morgan fingerprint density at radius 3 is 2.41 bits per heavy atom. The van der Waals surface area contributed by atoms with E-state index in [0.717, 1.165) is 17.7 Å². The number of fused-ring (bicyclic) bond motifs is 1. The Hall–Kier alpha value is -2.50. The molecule has 1 aliphatic heterocycles. The van der Waals surface area contributed by atoms with Gasteiger partial charge in [0.25, 0.3) is 5.91 Å². The molecule has 6 heteroatoms. The molecule has 1 heterocycles. The van der Waals surface area contributed by atoms with Crippen LogP contribution < -0.4 is 10.1 Å². The number of alkyl halides is 3. The van der Waals surface area contributed by atoms with Crippen LogP contribution in [0, 0.1) is 0 Å². The molecule has 3 nitrogen and oxygen atoms in total. The van der Waals surface area contributed by atoms with Gasteiger partial charge in [0, 0.05) is 12.1 Å². The van der Waals surface area contributed by atoms with E-state index in [2.05, 4.69) is 5.32 Å². The summed E-state index contributed by atoms with van der Waals surface area (Å²) in [6, 6.07) is 11.6. The normalized spacial score (nSPS) is 16.8. The van der Waals surface area contributed by atoms with Crippen LogP contribution in [0.4, 0.5) is 18.9 Å². The van der Waals surface area contributed by atoms with Crippen molar-refractivity contribution in [3.63, 3.8) is 0 Å². The van der Waals surface area contributed by atoms with Crippen LogP contribution in [0.15, 0.2) is 48.5 Å². The molecule has 0 aromatic heterocycles. The predicted octanol–water partition coefficient (Wildman–Crippen LogP) is 3.65. The van der Waals surface area contributed by atoms with Crippen molar-refractivity contribution in [3.05, 3.63) is 59.7 Å². The summed E-state index contributed by atoms with van der Waals surface area (Å²) in [5.74, 6) is 0.283. The largest absolute Gasteiger partial charge is 0.480 e. The number of nitrogens with one attached hydrogen (secondary N) is 1. The molecule has 2 aromatic carbocycles. The van der Waals surface area contributed by atoms with Crippen LogP contribution >= 0.6 is 0 Å². The average Bonchev–Trinajstić information content (AvgIpc) is 2.91. The third-order valence-electron chi connectivity index (χ3n) is 3.42. The molecule has 0 saturated heterocycles. The Kier molecular flexibility index (Phi) is 3.52. The zero-order chi connectivity index (χ0) is 15.7. The highest BCUT2D eigenvalue weighted by Gasteiger charge is 2.31. The first kappa shape index (κ1) is 14.4. The van der Waals surface area contributed by atoms with Crippen LogP contribution in [0.25, 0.3) is 0 Å². The molecule has 1 amide bonds. The molecule has 0 unspecified atom stereocenters. The highest BCUT2D eigenvalue weighted by Crippen LogP contribution is 2.31. The fourth-order valence-corrected chi connectivity index (χ4v) is 2.29. The lowest BCUT2D eigenvalue weighted by Crippen LogP contribution is -2.31. The third-order valence-corrected chi connectivity index (χ3v) is 3.42. The van der Waals surface area contributed by atoms with Gasteiger partial charge in [-0.3, -0.25) is 4.79 Å². The van der Waals surface area contributed by atoms with Crippen LogP contribution in [0.3, 0.4) is 0 Å². The van der Waals surface area contributed by atoms with E-state index in [1.807, 2.05) is 18.2 Å². The van der Waals surface area contributed by atoms with Gasteiger partial charge in [0.15, 0.2) is 6.10 Å². The Bertz CT molecular complexity index is 670. The van der Waals surface area contributed by atoms with Crippen molar-refractivity contribution in [1.82, 2.24) is 0 Å². The summed E-state index contributed by atoms with van der Waals surface area (Å²) in [6.45, 7) is 0. The number of hydrogen-bond donors (Lipinski definition) is 1. The maximum Gasteiger partial charge on any atom is 0.416 e. The van der Waals surface area contributed by atoms with Gasteiger partial charge in [-0.15, -0.1) is 0 Å². The van der Waals surface area contributed by atoms with Crippen molar-refractivity contribution in [3.8, 4) is 5.75 Å². The summed E-state index contributed by atoms with van der Waals surface area (Å²) in [6.07, 6.45) is -4.61. The Morgan fingerprint density at radius 1 is 1.09 bits per heavy atom. The van der Waals surface area contributed by atoms with E-state index in [0.29, 0.717) is 17.9 Å². The summed E-state index contributed by atoms with van der Waals surface area (Å²) in [7, 11) is 0. The van der Waals surface area contributed by atoms with Crippen LogP contribution in [-0.4, -0.2) is 12.0 Å². The summed E-state index contributed by atoms with van der Waals surface area (Å²) in [5, 5.41) is 2.57. The van der Waals surface area contributed by atoms with Gasteiger partial charge in [0.2, 0.25) is 0 Å². The first-order valence-electron chi connectivity index (χ1n) is 6.66. The molecular weight excluding hydrogens is 295 g/mol. The molecular formula is C16H12F3NO2. The summed E-state index contributed by atoms with van der Waals surface area (Å²) >= 11 is 0. The predicted molar refractivity (Wildman–Crippen MR) is 74.6 cm³/mol. The van der Waals surface area contributed by atoms with Gasteiger partial charge in [-0.25, -0.2) is 0 Å². The Morgan fingerprint density at radius 2 is 1.77 bits per heavy atom. The zero-order valence-electron chi connectivity index (χ0n) is 11.4. The Balaban J connectivity index is 1.66. The molecule has 1 aliphatic rings. The molecule has 2 aromatic rings. The maximum atomic E-state index is 12.5. The second kappa shape index (κ2) is 5.36. The van der Waals surface area contributed by atoms with Crippen molar-refractivity contribution in [1.29, 1.82) is 0 Å². The maximum absolute atomic E-state index is 12.5. The number of para-hydroxylation sites is 1. The van der Waals surface area contributed by atoms with E-state index in [4.69, 9.17) is 4.74 Å². The number of carbonyl (C=O) groups is 1. The molecule has 0 aliphatic carbocycles. The van der Waals surface area contributed by atoms with Gasteiger partial charge < -0.3 is 10.1 Å². The van der Waals surface area contributed by atoms with Crippen LogP contribution in [0.2, 0.25) is 0 Å². The standard InChI is InChI=1S/C16H12F3NO2/c17-16(18,19)11-5-7-12(8-6-11)20-15(21)14-9-10-3-1-2-4-13(10)22-14/h1-8,14H,9H2,(H,20,21)/t14-/m0/s1. The number of hydrogen-bond acceptors (Lipinski definition) is 2. The SMILES string of the molecule is O=C(Nc1ccc(C(F)(F)F)cc1)[C@@H]1Cc2ccccc2O1. The first-order valence-corrected chi connectivity index (χ1v) is 6.66. The molecule has 0 radical (unpaired) electrons. The summed E-state index contributed by atoms with van der Waals surface area (Å²) < 4.78 is 42.9. The van der Waals surface area contributed by atoms with Gasteiger partial charge >= 0.3 is 6.18 Å². The van der Waals surface area contributed by atoms with Gasteiger partial charge in [-0.1, -0.05) is 18.2 Å². The first-order chi connectivity index (χ1) is 10.4. The van der Waals surface area contributed by atoms with Gasteiger partial charge in [0.05, 0.1) is 5.56 Å². The van der Waals surface area contributed by atoms with E-state index in [-0.39, 0.29) is 5.91 Å². The summed E-state index contributed by atoms with van der Waals surface area (Å²) in [5.41, 5.74) is 0.489. The van der Waals surface area contributed by atoms with Crippen LogP contribution in [0.5, 0.6) is 5.75 Å². The monoisotopic (exact) mass is 307 g/mol. The second-order valence-corrected chi connectivity index (χ2v) is 4.98.